The molecule has 1 aromatic carbocycles. The number of hydrogen-bond donors (Lipinski definition) is 2. The Morgan fingerprint density at radius 1 is 1.44 bits per heavy atom. The summed E-state index contributed by atoms with van der Waals surface area (Å²) in [7, 11) is 0. The van der Waals surface area contributed by atoms with Gasteiger partial charge in [-0.1, -0.05) is 19.9 Å². The van der Waals surface area contributed by atoms with E-state index >= 15 is 0 Å². The van der Waals surface area contributed by atoms with Crippen LogP contribution >= 0.6 is 0 Å². The minimum absolute atomic E-state index is 0.00775. The van der Waals surface area contributed by atoms with Crippen LogP contribution in [0, 0.1) is 5.92 Å². The zero-order chi connectivity index (χ0) is 13.3. The van der Waals surface area contributed by atoms with E-state index in [4.69, 9.17) is 10.5 Å². The van der Waals surface area contributed by atoms with E-state index in [0.29, 0.717) is 11.4 Å². The van der Waals surface area contributed by atoms with E-state index in [1.807, 2.05) is 19.1 Å². The number of carbonyl (C=O) groups is 2. The molecule has 5 heteroatoms. The minimum Gasteiger partial charge on any atom is -0.482 e. The second-order valence-electron chi connectivity index (χ2n) is 4.57. The average molecular weight is 248 g/mol. The summed E-state index contributed by atoms with van der Waals surface area (Å²) in [6, 6.07) is 5.52. The fraction of sp³-hybridized carbons (Fsp3) is 0.385. The van der Waals surface area contributed by atoms with Gasteiger partial charge in [0.1, 0.15) is 5.75 Å². The Bertz CT molecular complexity index is 499. The van der Waals surface area contributed by atoms with E-state index < -0.39 is 0 Å². The molecule has 2 unspecified atom stereocenters. The van der Waals surface area contributed by atoms with Crippen molar-refractivity contribution in [3.63, 3.8) is 0 Å². The highest BCUT2D eigenvalue weighted by Crippen LogP contribution is 2.33. The van der Waals surface area contributed by atoms with E-state index in [1.54, 1.807) is 13.0 Å². The molecule has 2 rings (SSSR count). The highest BCUT2D eigenvalue weighted by atomic mass is 16.5. The van der Waals surface area contributed by atoms with Crippen molar-refractivity contribution >= 4 is 17.5 Å². The second kappa shape index (κ2) is 4.68. The highest BCUT2D eigenvalue weighted by Gasteiger charge is 2.22. The first-order valence-electron chi connectivity index (χ1n) is 5.85. The number of hydrogen-bond acceptors (Lipinski definition) is 3. The third kappa shape index (κ3) is 2.30. The van der Waals surface area contributed by atoms with Gasteiger partial charge in [-0.05, 0) is 23.6 Å². The fourth-order valence-electron chi connectivity index (χ4n) is 1.92. The first-order valence-corrected chi connectivity index (χ1v) is 5.85. The molecule has 0 spiro atoms. The smallest absolute Gasteiger partial charge is 0.262 e. The molecule has 0 saturated carbocycles. The first kappa shape index (κ1) is 12.4. The van der Waals surface area contributed by atoms with Crippen LogP contribution in [0.1, 0.15) is 25.3 Å². The lowest BCUT2D eigenvalue weighted by Crippen LogP contribution is -2.27. The molecule has 18 heavy (non-hydrogen) atoms. The Morgan fingerprint density at radius 3 is 2.83 bits per heavy atom. The molecule has 2 atom stereocenters. The predicted molar refractivity (Wildman–Crippen MR) is 67.3 cm³/mol. The zero-order valence-electron chi connectivity index (χ0n) is 10.4. The van der Waals surface area contributed by atoms with Gasteiger partial charge in [0.25, 0.3) is 5.91 Å². The normalized spacial score (nSPS) is 17.1. The average Bonchev–Trinajstić information content (AvgIpc) is 2.35. The lowest BCUT2D eigenvalue weighted by Gasteiger charge is -2.22. The first-order chi connectivity index (χ1) is 8.49. The number of nitrogens with one attached hydrogen (secondary N) is 1. The number of rotatable bonds is 3. The third-order valence-electron chi connectivity index (χ3n) is 3.36. The molecule has 0 saturated heterocycles. The van der Waals surface area contributed by atoms with Gasteiger partial charge < -0.3 is 15.8 Å². The van der Waals surface area contributed by atoms with Crippen LogP contribution in [-0.4, -0.2) is 18.4 Å². The Balaban J connectivity index is 2.28. The predicted octanol–water partition coefficient (Wildman–Crippen LogP) is 1.24. The van der Waals surface area contributed by atoms with Crippen molar-refractivity contribution in [1.29, 1.82) is 0 Å². The van der Waals surface area contributed by atoms with E-state index in [9.17, 15) is 9.59 Å². The van der Waals surface area contributed by atoms with Gasteiger partial charge in [0.05, 0.1) is 5.69 Å². The molecule has 3 N–H and O–H groups in total. The van der Waals surface area contributed by atoms with Gasteiger partial charge in [-0.2, -0.15) is 0 Å². The molecule has 0 aliphatic carbocycles. The van der Waals surface area contributed by atoms with Crippen LogP contribution in [0.4, 0.5) is 5.69 Å². The van der Waals surface area contributed by atoms with Crippen molar-refractivity contribution in [3.05, 3.63) is 23.8 Å². The molecule has 5 nitrogen and oxygen atoms in total. The fourth-order valence-corrected chi connectivity index (χ4v) is 1.92. The number of amides is 2. The third-order valence-corrected chi connectivity index (χ3v) is 3.36. The number of ether oxygens (including phenoxy) is 1. The molecule has 0 fully saturated rings. The molecule has 1 aromatic rings. The Morgan fingerprint density at radius 2 is 2.17 bits per heavy atom. The van der Waals surface area contributed by atoms with Crippen molar-refractivity contribution in [2.45, 2.75) is 19.8 Å². The summed E-state index contributed by atoms with van der Waals surface area (Å²) < 4.78 is 5.27. The summed E-state index contributed by atoms with van der Waals surface area (Å²) in [5.41, 5.74) is 6.90. The molecule has 96 valence electrons. The van der Waals surface area contributed by atoms with Crippen LogP contribution in [0.5, 0.6) is 5.75 Å². The van der Waals surface area contributed by atoms with Gasteiger partial charge in [-0.25, -0.2) is 0 Å². The summed E-state index contributed by atoms with van der Waals surface area (Å²) >= 11 is 0. The van der Waals surface area contributed by atoms with E-state index in [0.717, 1.165) is 5.56 Å². The summed E-state index contributed by atoms with van der Waals surface area (Å²) in [5, 5.41) is 2.74. The maximum absolute atomic E-state index is 11.2. The van der Waals surface area contributed by atoms with Crippen LogP contribution in [-0.2, 0) is 9.59 Å². The van der Waals surface area contributed by atoms with Gasteiger partial charge in [-0.3, -0.25) is 9.59 Å². The second-order valence-corrected chi connectivity index (χ2v) is 4.57. The molecule has 1 heterocycles. The number of nitrogens with two attached hydrogens (primary N) is 1. The van der Waals surface area contributed by atoms with Crippen molar-refractivity contribution in [2.75, 3.05) is 11.9 Å². The maximum atomic E-state index is 11.2. The topological polar surface area (TPSA) is 81.4 Å². The monoisotopic (exact) mass is 248 g/mol. The van der Waals surface area contributed by atoms with Gasteiger partial charge in [0, 0.05) is 5.92 Å². The number of carbonyl (C=O) groups excluding carboxylic acids is 2. The van der Waals surface area contributed by atoms with Gasteiger partial charge >= 0.3 is 0 Å². The van der Waals surface area contributed by atoms with Gasteiger partial charge in [0.15, 0.2) is 6.61 Å². The number of anilines is 1. The Labute approximate surface area is 105 Å². The standard InChI is InChI=1S/C13H16N2O3/c1-7(8(2)13(14)17)9-3-4-11-10(5-9)15-12(16)6-18-11/h3-5,7-8H,6H2,1-2H3,(H2,14,17)(H,15,16). The minimum atomic E-state index is -0.333. The summed E-state index contributed by atoms with van der Waals surface area (Å²) in [6.07, 6.45) is 0. The largest absolute Gasteiger partial charge is 0.482 e. The molecule has 0 aromatic heterocycles. The SMILES string of the molecule is CC(C(N)=O)C(C)c1ccc2c(c1)NC(=O)CO2. The van der Waals surface area contributed by atoms with Crippen molar-refractivity contribution in [2.24, 2.45) is 11.7 Å². The van der Waals surface area contributed by atoms with Crippen LogP contribution < -0.4 is 15.8 Å². The zero-order valence-corrected chi connectivity index (χ0v) is 10.4. The molecule has 1 aliphatic heterocycles. The molecular weight excluding hydrogens is 232 g/mol. The van der Waals surface area contributed by atoms with Gasteiger partial charge in [0.2, 0.25) is 5.91 Å². The molecule has 0 radical (unpaired) electrons. The molecule has 2 amide bonds. The lowest BCUT2D eigenvalue weighted by molar-refractivity contribution is -0.122. The molecular formula is C13H16N2O3. The number of benzene rings is 1. The van der Waals surface area contributed by atoms with E-state index in [2.05, 4.69) is 5.32 Å². The highest BCUT2D eigenvalue weighted by molar-refractivity contribution is 5.95. The van der Waals surface area contributed by atoms with E-state index in [-0.39, 0.29) is 30.3 Å². The van der Waals surface area contributed by atoms with Gasteiger partial charge in [-0.15, -0.1) is 0 Å². The van der Waals surface area contributed by atoms with Crippen molar-refractivity contribution in [1.82, 2.24) is 0 Å². The quantitative estimate of drug-likeness (QED) is 0.844. The van der Waals surface area contributed by atoms with E-state index in [1.165, 1.54) is 0 Å². The maximum Gasteiger partial charge on any atom is 0.262 e. The van der Waals surface area contributed by atoms with Crippen LogP contribution in [0.3, 0.4) is 0 Å². The Kier molecular flexibility index (Phi) is 3.23. The number of fused-ring (bicyclic) bond motifs is 1. The molecule has 1 aliphatic rings. The van der Waals surface area contributed by atoms with Crippen molar-refractivity contribution in [3.8, 4) is 5.75 Å². The lowest BCUT2D eigenvalue weighted by atomic mass is 9.88. The molecule has 0 bridgehead atoms. The van der Waals surface area contributed by atoms with Crippen LogP contribution in [0.2, 0.25) is 0 Å². The summed E-state index contributed by atoms with van der Waals surface area (Å²) in [6.45, 7) is 3.77. The number of primary amides is 1. The summed E-state index contributed by atoms with van der Waals surface area (Å²) in [4.78, 5) is 22.4. The Hall–Kier alpha value is -2.04. The summed E-state index contributed by atoms with van der Waals surface area (Å²) in [5.74, 6) is -0.122. The van der Waals surface area contributed by atoms with Crippen LogP contribution in [0.25, 0.3) is 0 Å². The van der Waals surface area contributed by atoms with Crippen molar-refractivity contribution < 1.29 is 14.3 Å². The van der Waals surface area contributed by atoms with Crippen LogP contribution in [0.15, 0.2) is 18.2 Å².